The average Bonchev–Trinajstić information content (AvgIpc) is 2.66. The first-order valence-corrected chi connectivity index (χ1v) is 11.2. The van der Waals surface area contributed by atoms with Gasteiger partial charge in [0, 0.05) is 17.8 Å². The van der Waals surface area contributed by atoms with Gasteiger partial charge < -0.3 is 18.9 Å². The Morgan fingerprint density at radius 3 is 2.39 bits per heavy atom. The molecule has 0 atom stereocenters. The van der Waals surface area contributed by atoms with Crippen molar-refractivity contribution in [1.29, 1.82) is 0 Å². The molecule has 0 fully saturated rings. The zero-order valence-electron chi connectivity index (χ0n) is 19.4. The van der Waals surface area contributed by atoms with Gasteiger partial charge in [0.15, 0.2) is 0 Å². The van der Waals surface area contributed by atoms with Crippen LogP contribution < -0.4 is 79.0 Å². The minimum absolute atomic E-state index is 0. The van der Waals surface area contributed by atoms with Crippen LogP contribution in [0.5, 0.6) is 5.75 Å². The van der Waals surface area contributed by atoms with Crippen molar-refractivity contribution in [3.63, 3.8) is 0 Å². The smallest absolute Gasteiger partial charge is 0.780 e. The number of nitrogens with zero attached hydrogens (tertiary/aromatic N) is 2. The zero-order chi connectivity index (χ0) is 22.8. The second-order valence-electron chi connectivity index (χ2n) is 7.46. The molecule has 2 aromatic carbocycles. The molecule has 0 aliphatic heterocycles. The Labute approximate surface area is 236 Å². The second kappa shape index (κ2) is 12.8. The molecule has 0 unspecified atom stereocenters. The number of aryl methyl sites for hydroxylation is 2. The Kier molecular flexibility index (Phi) is 11.7. The van der Waals surface area contributed by atoms with Gasteiger partial charge in [0.1, 0.15) is 25.2 Å². The Bertz CT molecular complexity index is 1210. The van der Waals surface area contributed by atoms with Gasteiger partial charge in [-0.2, -0.15) is 0 Å². The van der Waals surface area contributed by atoms with Crippen LogP contribution in [0.15, 0.2) is 53.3 Å². The van der Waals surface area contributed by atoms with Gasteiger partial charge in [-0.05, 0) is 49.1 Å². The van der Waals surface area contributed by atoms with E-state index < -0.39 is 7.82 Å². The maximum absolute atomic E-state index is 13.6. The molecule has 3 rings (SSSR count). The van der Waals surface area contributed by atoms with Gasteiger partial charge in [0.25, 0.3) is 5.56 Å². The molecule has 1 heterocycles. The van der Waals surface area contributed by atoms with E-state index in [0.717, 1.165) is 0 Å². The molecule has 0 radical (unpaired) electrons. The van der Waals surface area contributed by atoms with Gasteiger partial charge in [-0.15, -0.1) is 0 Å². The summed E-state index contributed by atoms with van der Waals surface area (Å²) >= 11 is 0. The molecular formula is C22H22FN2Na2O5P. The Balaban J connectivity index is 0.00000272. The third-order valence-corrected chi connectivity index (χ3v) is 5.24. The number of benzene rings is 2. The summed E-state index contributed by atoms with van der Waals surface area (Å²) in [5.74, 6) is -0.508. The summed E-state index contributed by atoms with van der Waals surface area (Å²) in [6.07, 6.45) is 0.345. The maximum atomic E-state index is 13.6. The normalized spacial score (nSPS) is 11.0. The van der Waals surface area contributed by atoms with Gasteiger partial charge in [-0.3, -0.25) is 9.36 Å². The molecule has 1 aromatic heterocycles. The van der Waals surface area contributed by atoms with E-state index in [1.54, 1.807) is 25.1 Å². The van der Waals surface area contributed by atoms with E-state index in [-0.39, 0.29) is 100 Å². The molecule has 11 heteroatoms. The van der Waals surface area contributed by atoms with Crippen molar-refractivity contribution in [2.24, 2.45) is 0 Å². The first kappa shape index (κ1) is 30.2. The summed E-state index contributed by atoms with van der Waals surface area (Å²) in [5.41, 5.74) is 1.64. The van der Waals surface area contributed by atoms with Crippen molar-refractivity contribution < 1.29 is 82.4 Å². The molecule has 3 aromatic rings. The minimum atomic E-state index is -5.32. The number of hydrogen-bond donors (Lipinski definition) is 0. The van der Waals surface area contributed by atoms with Crippen LogP contribution in [0.4, 0.5) is 4.39 Å². The maximum Gasteiger partial charge on any atom is 1.00 e. The van der Waals surface area contributed by atoms with E-state index in [2.05, 4.69) is 9.51 Å². The number of aromatic nitrogens is 2. The van der Waals surface area contributed by atoms with Gasteiger partial charge in [0.05, 0.1) is 5.56 Å². The average molecular weight is 490 g/mol. The molecular weight excluding hydrogens is 468 g/mol. The quantitative estimate of drug-likeness (QED) is 0.257. The van der Waals surface area contributed by atoms with E-state index in [1.165, 1.54) is 34.9 Å². The predicted molar refractivity (Wildman–Crippen MR) is 111 cm³/mol. The Morgan fingerprint density at radius 1 is 1.12 bits per heavy atom. The van der Waals surface area contributed by atoms with Crippen molar-refractivity contribution in [3.05, 3.63) is 81.5 Å². The predicted octanol–water partition coefficient (Wildman–Crippen LogP) is -3.06. The summed E-state index contributed by atoms with van der Waals surface area (Å²) in [5, 5.41) is 0. The fraction of sp³-hybridized carbons (Fsp3) is 0.273. The summed E-state index contributed by atoms with van der Waals surface area (Å²) < 4.78 is 30.8. The topological polar surface area (TPSA) is 107 Å². The van der Waals surface area contributed by atoms with Crippen LogP contribution in [0, 0.1) is 12.7 Å². The van der Waals surface area contributed by atoms with E-state index >= 15 is 0 Å². The van der Waals surface area contributed by atoms with Gasteiger partial charge in [-0.25, -0.2) is 9.37 Å². The molecule has 0 saturated heterocycles. The van der Waals surface area contributed by atoms with E-state index in [4.69, 9.17) is 0 Å². The summed E-state index contributed by atoms with van der Waals surface area (Å²) in [6, 6.07) is 12.1. The van der Waals surface area contributed by atoms with E-state index in [1.807, 2.05) is 13.8 Å². The van der Waals surface area contributed by atoms with Crippen LogP contribution in [0.2, 0.25) is 0 Å². The van der Waals surface area contributed by atoms with Crippen molar-refractivity contribution in [1.82, 2.24) is 9.55 Å². The van der Waals surface area contributed by atoms with Crippen molar-refractivity contribution in [3.8, 4) is 17.1 Å². The largest absolute Gasteiger partial charge is 1.00 e. The van der Waals surface area contributed by atoms with Crippen molar-refractivity contribution >= 4 is 7.82 Å². The third kappa shape index (κ3) is 7.85. The number of para-hydroxylation sites is 1. The van der Waals surface area contributed by atoms with Gasteiger partial charge >= 0.3 is 59.1 Å². The zero-order valence-corrected chi connectivity index (χ0v) is 24.3. The van der Waals surface area contributed by atoms with E-state index in [0.29, 0.717) is 23.2 Å². The SMILES string of the molecule is Cc1nc(-c2ccccc2OP(=O)([O-])[O-])n(CCc2cccc(F)c2)c(=O)c1C(C)C.[Na+].[Na+]. The van der Waals surface area contributed by atoms with Crippen LogP contribution in [0.1, 0.15) is 36.6 Å². The molecule has 0 spiro atoms. The minimum Gasteiger partial charge on any atom is -0.780 e. The number of phosphoric acid groups is 1. The van der Waals surface area contributed by atoms with Gasteiger partial charge in [0.2, 0.25) is 0 Å². The molecule has 7 nitrogen and oxygen atoms in total. The molecule has 0 N–H and O–H groups in total. The van der Waals surface area contributed by atoms with Crippen LogP contribution in [-0.2, 0) is 17.5 Å². The molecule has 0 bridgehead atoms. The van der Waals surface area contributed by atoms with Gasteiger partial charge in [-0.1, -0.05) is 38.1 Å². The summed E-state index contributed by atoms with van der Waals surface area (Å²) in [7, 11) is -5.32. The molecule has 0 aliphatic carbocycles. The number of rotatable bonds is 7. The first-order valence-electron chi connectivity index (χ1n) is 9.73. The molecule has 33 heavy (non-hydrogen) atoms. The van der Waals surface area contributed by atoms with Crippen LogP contribution in [0.3, 0.4) is 0 Å². The second-order valence-corrected chi connectivity index (χ2v) is 8.54. The molecule has 0 amide bonds. The van der Waals surface area contributed by atoms with Crippen LogP contribution >= 0.6 is 7.82 Å². The number of phosphoric ester groups is 1. The first-order chi connectivity index (χ1) is 14.6. The Morgan fingerprint density at radius 2 is 1.79 bits per heavy atom. The van der Waals surface area contributed by atoms with Crippen molar-refractivity contribution in [2.75, 3.05) is 0 Å². The summed E-state index contributed by atoms with van der Waals surface area (Å²) in [6.45, 7) is 5.63. The molecule has 0 aliphatic rings. The fourth-order valence-corrected chi connectivity index (χ4v) is 3.94. The van der Waals surface area contributed by atoms with Crippen LogP contribution in [-0.4, -0.2) is 9.55 Å². The van der Waals surface area contributed by atoms with Crippen LogP contribution in [0.25, 0.3) is 11.4 Å². The standard InChI is InChI=1S/C22H24FN2O5P.2Na/c1-14(2)20-15(3)24-21(18-9-4-5-10-19(18)30-31(27,28)29)25(22(20)26)12-11-16-7-6-8-17(23)13-16;;/h4-10,13-14H,11-12H2,1-3H3,(H2,27,28,29);;/q;2*+1/p-2. The summed E-state index contributed by atoms with van der Waals surface area (Å²) in [4.78, 5) is 40.3. The monoisotopic (exact) mass is 490 g/mol. The van der Waals surface area contributed by atoms with Crippen molar-refractivity contribution in [2.45, 2.75) is 39.7 Å². The Hall–Kier alpha value is -0.800. The molecule has 164 valence electrons. The van der Waals surface area contributed by atoms with E-state index in [9.17, 15) is 23.5 Å². The number of halogens is 1. The molecule has 0 saturated carbocycles. The number of hydrogen-bond acceptors (Lipinski definition) is 6. The third-order valence-electron chi connectivity index (χ3n) is 4.82. The fourth-order valence-electron chi connectivity index (χ4n) is 3.54.